The highest BCUT2D eigenvalue weighted by Crippen LogP contribution is 2.35. The average molecular weight is 233 g/mol. The summed E-state index contributed by atoms with van der Waals surface area (Å²) in [5.41, 5.74) is 0.616. The molecule has 0 spiro atoms. The Morgan fingerprint density at radius 3 is 2.88 bits per heavy atom. The molecule has 1 fully saturated rings. The number of rotatable bonds is 1. The summed E-state index contributed by atoms with van der Waals surface area (Å²) >= 11 is 0. The lowest BCUT2D eigenvalue weighted by Gasteiger charge is -2.02. The van der Waals surface area contributed by atoms with Crippen LogP contribution in [0, 0.1) is 0 Å². The molecule has 0 radical (unpaired) electrons. The maximum absolute atomic E-state index is 11.4. The molecule has 1 aliphatic rings. The number of carbonyl (C=O) groups excluding carboxylic acids is 2. The van der Waals surface area contributed by atoms with E-state index in [1.54, 1.807) is 12.1 Å². The Kier molecular flexibility index (Phi) is 1.82. The molecule has 86 valence electrons. The number of amides is 3. The lowest BCUT2D eigenvalue weighted by Crippen LogP contribution is -2.22. The van der Waals surface area contributed by atoms with Gasteiger partial charge < -0.3 is 14.8 Å². The van der Waals surface area contributed by atoms with Crippen molar-refractivity contribution in [3.8, 4) is 5.75 Å². The van der Waals surface area contributed by atoms with Crippen LogP contribution in [0.3, 0.4) is 0 Å². The van der Waals surface area contributed by atoms with E-state index in [1.165, 1.54) is 6.20 Å². The van der Waals surface area contributed by atoms with E-state index >= 15 is 0 Å². The number of nitrogens with zero attached hydrogens (tertiary/aromatic N) is 1. The Balaban J connectivity index is 2.15. The van der Waals surface area contributed by atoms with Crippen LogP contribution < -0.4 is 10.6 Å². The summed E-state index contributed by atoms with van der Waals surface area (Å²) in [6.07, 6.45) is 1.49. The zero-order chi connectivity index (χ0) is 12.0. The number of pyridine rings is 1. The number of imide groups is 1. The van der Waals surface area contributed by atoms with Gasteiger partial charge in [0.15, 0.2) is 28.7 Å². The average Bonchev–Trinajstić information content (AvgIpc) is 2.80. The van der Waals surface area contributed by atoms with E-state index in [0.717, 1.165) is 0 Å². The predicted octanol–water partition coefficient (Wildman–Crippen LogP) is 0.414. The number of fused-ring (bicyclic) bond motifs is 1. The highest BCUT2D eigenvalue weighted by atomic mass is 16.4. The molecule has 3 N–H and O–H groups in total. The molecule has 17 heavy (non-hydrogen) atoms. The third kappa shape index (κ3) is 1.32. The van der Waals surface area contributed by atoms with Crippen LogP contribution in [0.25, 0.3) is 11.1 Å². The molecule has 3 rings (SSSR count). The third-order valence-corrected chi connectivity index (χ3v) is 2.48. The van der Waals surface area contributed by atoms with Gasteiger partial charge in [-0.1, -0.05) is 0 Å². The molecule has 1 unspecified atom stereocenters. The maximum atomic E-state index is 11.4. The fourth-order valence-corrected chi connectivity index (χ4v) is 1.73. The Labute approximate surface area is 94.4 Å². The molecule has 7 nitrogen and oxygen atoms in total. The molecule has 3 amide bonds. The number of hydrogen-bond acceptors (Lipinski definition) is 5. The molecule has 0 aromatic carbocycles. The topological polar surface area (TPSA) is 104 Å². The van der Waals surface area contributed by atoms with Crippen LogP contribution >= 0.6 is 0 Å². The molecule has 2 aromatic heterocycles. The fourth-order valence-electron chi connectivity index (χ4n) is 1.73. The molecule has 1 aliphatic heterocycles. The van der Waals surface area contributed by atoms with Crippen molar-refractivity contribution in [1.29, 1.82) is 0 Å². The van der Waals surface area contributed by atoms with Crippen molar-refractivity contribution in [1.82, 2.24) is 15.6 Å². The van der Waals surface area contributed by atoms with Crippen LogP contribution in [0.2, 0.25) is 0 Å². The van der Waals surface area contributed by atoms with E-state index < -0.39 is 18.0 Å². The van der Waals surface area contributed by atoms with E-state index in [4.69, 9.17) is 4.42 Å². The van der Waals surface area contributed by atoms with Crippen LogP contribution in [0.15, 0.2) is 22.7 Å². The molecule has 2 aromatic rings. The van der Waals surface area contributed by atoms with Crippen molar-refractivity contribution in [2.45, 2.75) is 6.04 Å². The Bertz CT molecular complexity index is 634. The van der Waals surface area contributed by atoms with E-state index in [9.17, 15) is 14.7 Å². The number of carbonyl (C=O) groups is 2. The van der Waals surface area contributed by atoms with Gasteiger partial charge in [-0.3, -0.25) is 10.1 Å². The quantitative estimate of drug-likeness (QED) is 0.619. The Morgan fingerprint density at radius 2 is 2.24 bits per heavy atom. The van der Waals surface area contributed by atoms with E-state index in [0.29, 0.717) is 5.58 Å². The summed E-state index contributed by atoms with van der Waals surface area (Å²) < 4.78 is 5.31. The summed E-state index contributed by atoms with van der Waals surface area (Å²) in [5, 5.41) is 14.3. The van der Waals surface area contributed by atoms with Crippen LogP contribution in [0.5, 0.6) is 5.75 Å². The highest BCUT2D eigenvalue weighted by molar-refractivity contribution is 6.05. The maximum Gasteiger partial charge on any atom is 0.322 e. The molecular formula is C10H7N3O4. The smallest absolute Gasteiger partial charge is 0.322 e. The summed E-state index contributed by atoms with van der Waals surface area (Å²) in [4.78, 5) is 26.3. The van der Waals surface area contributed by atoms with Crippen molar-refractivity contribution in [2.24, 2.45) is 0 Å². The van der Waals surface area contributed by atoms with Gasteiger partial charge >= 0.3 is 6.03 Å². The lowest BCUT2D eigenvalue weighted by atomic mass is 10.2. The first kappa shape index (κ1) is 9.64. The van der Waals surface area contributed by atoms with E-state index in [2.05, 4.69) is 15.6 Å². The summed E-state index contributed by atoms with van der Waals surface area (Å²) in [5.74, 6) is -0.811. The van der Waals surface area contributed by atoms with Crippen molar-refractivity contribution < 1.29 is 19.1 Å². The van der Waals surface area contributed by atoms with Gasteiger partial charge in [0.1, 0.15) is 0 Å². The molecule has 1 atom stereocenters. The number of nitrogens with one attached hydrogen (secondary N) is 2. The van der Waals surface area contributed by atoms with Crippen molar-refractivity contribution >= 4 is 23.0 Å². The standard InChI is InChI=1S/C10H7N3O4/c14-7-5-4(2-1-3-11-5)17-8(7)6-9(15)13-10(16)12-6/h1-3,6,14H,(H2,12,13,15,16). The third-order valence-electron chi connectivity index (χ3n) is 2.48. The van der Waals surface area contributed by atoms with Crippen LogP contribution in [-0.2, 0) is 4.79 Å². The van der Waals surface area contributed by atoms with Gasteiger partial charge in [-0.05, 0) is 12.1 Å². The van der Waals surface area contributed by atoms with Crippen molar-refractivity contribution in [2.75, 3.05) is 0 Å². The van der Waals surface area contributed by atoms with E-state index in [-0.39, 0.29) is 17.0 Å². The second kappa shape index (κ2) is 3.21. The van der Waals surface area contributed by atoms with Gasteiger partial charge in [-0.25, -0.2) is 9.78 Å². The second-order valence-electron chi connectivity index (χ2n) is 3.56. The Hall–Kier alpha value is -2.57. The number of aromatic nitrogens is 1. The van der Waals surface area contributed by atoms with Crippen LogP contribution in [-0.4, -0.2) is 22.0 Å². The summed E-state index contributed by atoms with van der Waals surface area (Å²) in [7, 11) is 0. The molecule has 0 saturated carbocycles. The van der Waals surface area contributed by atoms with Gasteiger partial charge in [-0.2, -0.15) is 0 Å². The highest BCUT2D eigenvalue weighted by Gasteiger charge is 2.36. The molecule has 0 aliphatic carbocycles. The second-order valence-corrected chi connectivity index (χ2v) is 3.56. The largest absolute Gasteiger partial charge is 0.503 e. The van der Waals surface area contributed by atoms with Crippen molar-refractivity contribution in [3.05, 3.63) is 24.1 Å². The first-order chi connectivity index (χ1) is 8.16. The first-order valence-corrected chi connectivity index (χ1v) is 4.84. The van der Waals surface area contributed by atoms with Gasteiger partial charge in [-0.15, -0.1) is 0 Å². The molecular weight excluding hydrogens is 226 g/mol. The zero-order valence-corrected chi connectivity index (χ0v) is 8.43. The molecule has 3 heterocycles. The van der Waals surface area contributed by atoms with Crippen LogP contribution in [0.4, 0.5) is 4.79 Å². The minimum Gasteiger partial charge on any atom is -0.503 e. The van der Waals surface area contributed by atoms with Gasteiger partial charge in [0, 0.05) is 6.20 Å². The zero-order valence-electron chi connectivity index (χ0n) is 8.43. The van der Waals surface area contributed by atoms with Gasteiger partial charge in [0.05, 0.1) is 0 Å². The Morgan fingerprint density at radius 1 is 1.41 bits per heavy atom. The summed E-state index contributed by atoms with van der Waals surface area (Å²) in [6.45, 7) is 0. The van der Waals surface area contributed by atoms with Crippen molar-refractivity contribution in [3.63, 3.8) is 0 Å². The SMILES string of the molecule is O=C1NC(=O)C(c2oc3cccnc3c2O)N1. The monoisotopic (exact) mass is 233 g/mol. The van der Waals surface area contributed by atoms with Gasteiger partial charge in [0.2, 0.25) is 0 Å². The summed E-state index contributed by atoms with van der Waals surface area (Å²) in [6, 6.07) is 1.62. The minimum atomic E-state index is -1.02. The van der Waals surface area contributed by atoms with E-state index in [1.807, 2.05) is 0 Å². The molecule has 7 heteroatoms. The number of aromatic hydroxyl groups is 1. The number of urea groups is 1. The molecule has 0 bridgehead atoms. The first-order valence-electron chi connectivity index (χ1n) is 4.84. The fraction of sp³-hybridized carbons (Fsp3) is 0.100. The number of furan rings is 1. The van der Waals surface area contributed by atoms with Crippen LogP contribution in [0.1, 0.15) is 11.8 Å². The molecule has 1 saturated heterocycles. The minimum absolute atomic E-state index is 0.0120. The normalized spacial score (nSPS) is 19.4. The predicted molar refractivity (Wildman–Crippen MR) is 55.1 cm³/mol. The lowest BCUT2D eigenvalue weighted by molar-refractivity contribution is -0.120. The number of hydrogen-bond donors (Lipinski definition) is 3. The van der Waals surface area contributed by atoms with Gasteiger partial charge in [0.25, 0.3) is 5.91 Å².